The van der Waals surface area contributed by atoms with Crippen LogP contribution < -0.4 is 10.1 Å². The van der Waals surface area contributed by atoms with Gasteiger partial charge in [0.15, 0.2) is 4.96 Å². The molecule has 0 aliphatic carbocycles. The summed E-state index contributed by atoms with van der Waals surface area (Å²) >= 11 is 3.25. The highest BCUT2D eigenvalue weighted by molar-refractivity contribution is 7.15. The molecule has 7 heteroatoms. The van der Waals surface area contributed by atoms with Crippen LogP contribution in [-0.4, -0.2) is 22.4 Å². The summed E-state index contributed by atoms with van der Waals surface area (Å²) in [5.74, 6) is 0.896. The molecule has 1 N–H and O–H groups in total. The van der Waals surface area contributed by atoms with E-state index in [2.05, 4.69) is 15.1 Å². The second-order valence-corrected chi connectivity index (χ2v) is 7.96. The quantitative estimate of drug-likeness (QED) is 0.503. The van der Waals surface area contributed by atoms with Gasteiger partial charge in [-0.2, -0.15) is 0 Å². The smallest absolute Gasteiger partial charge is 0.220 e. The van der Waals surface area contributed by atoms with Gasteiger partial charge in [-0.15, -0.1) is 22.7 Å². The Morgan fingerprint density at radius 1 is 1.22 bits per heavy atom. The summed E-state index contributed by atoms with van der Waals surface area (Å²) in [7, 11) is 1.66. The zero-order chi connectivity index (χ0) is 18.6. The van der Waals surface area contributed by atoms with Crippen LogP contribution in [0.3, 0.4) is 0 Å². The number of aryl methyl sites for hydroxylation is 1. The Morgan fingerprint density at radius 3 is 2.81 bits per heavy atom. The van der Waals surface area contributed by atoms with Crippen molar-refractivity contribution in [3.8, 4) is 17.0 Å². The van der Waals surface area contributed by atoms with Gasteiger partial charge in [0.2, 0.25) is 5.91 Å². The molecule has 5 nitrogen and oxygen atoms in total. The lowest BCUT2D eigenvalue weighted by Gasteiger charge is -2.03. The predicted molar refractivity (Wildman–Crippen MR) is 110 cm³/mol. The maximum absolute atomic E-state index is 12.1. The van der Waals surface area contributed by atoms with E-state index in [1.54, 1.807) is 29.8 Å². The summed E-state index contributed by atoms with van der Waals surface area (Å²) in [6, 6.07) is 11.9. The summed E-state index contributed by atoms with van der Waals surface area (Å²) in [6.07, 6.45) is 3.19. The van der Waals surface area contributed by atoms with Crippen LogP contribution in [-0.2, 0) is 17.8 Å². The second-order valence-electron chi connectivity index (χ2n) is 6.09. The number of carbonyl (C=O) groups is 1. The average Bonchev–Trinajstić information content (AvgIpc) is 3.42. The second kappa shape index (κ2) is 7.94. The molecule has 3 heterocycles. The predicted octanol–water partition coefficient (Wildman–Crippen LogP) is 4.38. The molecule has 0 saturated carbocycles. The van der Waals surface area contributed by atoms with Gasteiger partial charge in [0, 0.05) is 34.1 Å². The number of rotatable bonds is 7. The number of hydrogen-bond acceptors (Lipinski definition) is 5. The average molecular weight is 398 g/mol. The van der Waals surface area contributed by atoms with E-state index < -0.39 is 0 Å². The molecule has 0 bridgehead atoms. The van der Waals surface area contributed by atoms with E-state index in [1.807, 2.05) is 48.0 Å². The molecule has 27 heavy (non-hydrogen) atoms. The number of imidazole rings is 1. The first-order chi connectivity index (χ1) is 13.2. The zero-order valence-electron chi connectivity index (χ0n) is 14.8. The third-order valence-corrected chi connectivity index (χ3v) is 6.08. The molecule has 0 aliphatic rings. The van der Waals surface area contributed by atoms with Crippen molar-refractivity contribution in [2.24, 2.45) is 0 Å². The number of carbonyl (C=O) groups excluding carboxylic acids is 1. The molecule has 0 atom stereocenters. The molecule has 0 aliphatic heterocycles. The number of nitrogens with one attached hydrogen (secondary N) is 1. The SMILES string of the molecule is COc1ccc(-c2cn3c(CCC(=O)NCc4cccs4)csc3n2)cc1. The van der Waals surface area contributed by atoms with Crippen molar-refractivity contribution in [3.05, 3.63) is 63.9 Å². The number of aromatic nitrogens is 2. The highest BCUT2D eigenvalue weighted by atomic mass is 32.1. The fourth-order valence-electron chi connectivity index (χ4n) is 2.84. The zero-order valence-corrected chi connectivity index (χ0v) is 16.5. The minimum atomic E-state index is 0.0678. The van der Waals surface area contributed by atoms with Gasteiger partial charge in [-0.3, -0.25) is 9.20 Å². The van der Waals surface area contributed by atoms with Gasteiger partial charge < -0.3 is 10.1 Å². The van der Waals surface area contributed by atoms with Gasteiger partial charge >= 0.3 is 0 Å². The van der Waals surface area contributed by atoms with E-state index >= 15 is 0 Å². The number of fused-ring (bicyclic) bond motifs is 1. The molecular weight excluding hydrogens is 378 g/mol. The molecule has 1 aromatic carbocycles. The maximum Gasteiger partial charge on any atom is 0.220 e. The Bertz CT molecular complexity index is 1030. The molecule has 0 radical (unpaired) electrons. The number of amides is 1. The molecule has 0 unspecified atom stereocenters. The molecular formula is C20H19N3O2S2. The van der Waals surface area contributed by atoms with Crippen molar-refractivity contribution in [2.75, 3.05) is 7.11 Å². The molecule has 4 aromatic rings. The topological polar surface area (TPSA) is 55.6 Å². The molecule has 0 fully saturated rings. The Labute approximate surface area is 165 Å². The van der Waals surface area contributed by atoms with Crippen LogP contribution in [0.1, 0.15) is 17.0 Å². The monoisotopic (exact) mass is 397 g/mol. The molecule has 4 rings (SSSR count). The van der Waals surface area contributed by atoms with Crippen molar-refractivity contribution in [1.82, 2.24) is 14.7 Å². The summed E-state index contributed by atoms with van der Waals surface area (Å²) in [5.41, 5.74) is 3.08. The first kappa shape index (κ1) is 17.8. The first-order valence-corrected chi connectivity index (χ1v) is 10.4. The highest BCUT2D eigenvalue weighted by Gasteiger charge is 2.11. The number of thiazole rings is 1. The molecule has 138 valence electrons. The Morgan fingerprint density at radius 2 is 2.07 bits per heavy atom. The Balaban J connectivity index is 1.41. The summed E-state index contributed by atoms with van der Waals surface area (Å²) in [5, 5.41) is 7.07. The third kappa shape index (κ3) is 4.04. The first-order valence-electron chi connectivity index (χ1n) is 8.62. The summed E-state index contributed by atoms with van der Waals surface area (Å²) in [6.45, 7) is 0.599. The van der Waals surface area contributed by atoms with Gasteiger partial charge in [-0.1, -0.05) is 6.07 Å². The summed E-state index contributed by atoms with van der Waals surface area (Å²) in [4.78, 5) is 18.9. The minimum absolute atomic E-state index is 0.0678. The van der Waals surface area contributed by atoms with E-state index in [0.717, 1.165) is 27.7 Å². The number of methoxy groups -OCH3 is 1. The van der Waals surface area contributed by atoms with Crippen molar-refractivity contribution < 1.29 is 9.53 Å². The van der Waals surface area contributed by atoms with Gasteiger partial charge in [0.1, 0.15) is 5.75 Å². The van der Waals surface area contributed by atoms with Gasteiger partial charge in [0.25, 0.3) is 0 Å². The van der Waals surface area contributed by atoms with E-state index in [4.69, 9.17) is 9.72 Å². The van der Waals surface area contributed by atoms with Crippen LogP contribution in [0.2, 0.25) is 0 Å². The lowest BCUT2D eigenvalue weighted by atomic mass is 10.1. The number of nitrogens with zero attached hydrogens (tertiary/aromatic N) is 2. The van der Waals surface area contributed by atoms with E-state index in [-0.39, 0.29) is 5.91 Å². The van der Waals surface area contributed by atoms with E-state index in [1.165, 1.54) is 4.88 Å². The maximum atomic E-state index is 12.1. The van der Waals surface area contributed by atoms with E-state index in [9.17, 15) is 4.79 Å². The van der Waals surface area contributed by atoms with E-state index in [0.29, 0.717) is 19.4 Å². The van der Waals surface area contributed by atoms with Crippen molar-refractivity contribution >= 4 is 33.5 Å². The largest absolute Gasteiger partial charge is 0.497 e. The van der Waals surface area contributed by atoms with Crippen LogP contribution >= 0.6 is 22.7 Å². The molecule has 0 spiro atoms. The van der Waals surface area contributed by atoms with Crippen LogP contribution in [0.15, 0.2) is 53.4 Å². The third-order valence-electron chi connectivity index (χ3n) is 4.32. The van der Waals surface area contributed by atoms with Crippen LogP contribution in [0.4, 0.5) is 0 Å². The number of hydrogen-bond donors (Lipinski definition) is 1. The van der Waals surface area contributed by atoms with Crippen molar-refractivity contribution in [2.45, 2.75) is 19.4 Å². The Kier molecular flexibility index (Phi) is 5.22. The Hall–Kier alpha value is -2.64. The number of ether oxygens (including phenoxy) is 1. The lowest BCUT2D eigenvalue weighted by molar-refractivity contribution is -0.121. The lowest BCUT2D eigenvalue weighted by Crippen LogP contribution is -2.22. The normalized spacial score (nSPS) is 11.0. The summed E-state index contributed by atoms with van der Waals surface area (Å²) < 4.78 is 7.29. The van der Waals surface area contributed by atoms with Gasteiger partial charge in [-0.05, 0) is 42.1 Å². The molecule has 0 saturated heterocycles. The highest BCUT2D eigenvalue weighted by Crippen LogP contribution is 2.25. The van der Waals surface area contributed by atoms with Gasteiger partial charge in [0.05, 0.1) is 19.3 Å². The molecule has 1 amide bonds. The number of benzene rings is 1. The number of thiophene rings is 1. The minimum Gasteiger partial charge on any atom is -0.497 e. The fourth-order valence-corrected chi connectivity index (χ4v) is 4.39. The van der Waals surface area contributed by atoms with Crippen molar-refractivity contribution in [1.29, 1.82) is 0 Å². The van der Waals surface area contributed by atoms with Crippen LogP contribution in [0.5, 0.6) is 5.75 Å². The van der Waals surface area contributed by atoms with Crippen molar-refractivity contribution in [3.63, 3.8) is 0 Å². The van der Waals surface area contributed by atoms with Crippen LogP contribution in [0.25, 0.3) is 16.2 Å². The van der Waals surface area contributed by atoms with Gasteiger partial charge in [-0.25, -0.2) is 4.98 Å². The fraction of sp³-hybridized carbons (Fsp3) is 0.200. The van der Waals surface area contributed by atoms with Crippen LogP contribution in [0, 0.1) is 0 Å². The molecule has 3 aromatic heterocycles. The standard InChI is InChI=1S/C20H19N3O2S2/c1-25-16-7-4-14(5-8-16)18-12-23-15(13-27-20(23)22-18)6-9-19(24)21-11-17-3-2-10-26-17/h2-5,7-8,10,12-13H,6,9,11H2,1H3,(H,21,24).